The van der Waals surface area contributed by atoms with Gasteiger partial charge >= 0.3 is 0 Å². The number of aromatic nitrogens is 4. The minimum Gasteiger partial charge on any atom is -0.369 e. The predicted octanol–water partition coefficient (Wildman–Crippen LogP) is 4.94. The maximum atomic E-state index is 12.7. The first-order chi connectivity index (χ1) is 15.5. The molecule has 0 saturated heterocycles. The van der Waals surface area contributed by atoms with Gasteiger partial charge in [-0.05, 0) is 30.2 Å². The number of nitrogens with zero attached hydrogens (tertiary/aromatic N) is 4. The van der Waals surface area contributed by atoms with E-state index in [-0.39, 0.29) is 5.91 Å². The van der Waals surface area contributed by atoms with E-state index >= 15 is 0 Å². The molecule has 1 aromatic carbocycles. The highest BCUT2D eigenvalue weighted by molar-refractivity contribution is 7.99. The highest BCUT2D eigenvalue weighted by Gasteiger charge is 2.15. The SMILES string of the molecule is CCCSc1nc(NCC(C)C)c2cnn(CCNC(=O)c3ccccc3SCC)c2n1. The first-order valence-corrected chi connectivity index (χ1v) is 13.1. The topological polar surface area (TPSA) is 84.7 Å². The van der Waals surface area contributed by atoms with Crippen molar-refractivity contribution in [3.8, 4) is 0 Å². The van der Waals surface area contributed by atoms with Crippen molar-refractivity contribution in [1.82, 2.24) is 25.1 Å². The highest BCUT2D eigenvalue weighted by atomic mass is 32.2. The summed E-state index contributed by atoms with van der Waals surface area (Å²) in [4.78, 5) is 23.2. The van der Waals surface area contributed by atoms with E-state index in [9.17, 15) is 4.79 Å². The Morgan fingerprint density at radius 3 is 2.72 bits per heavy atom. The van der Waals surface area contributed by atoms with Crippen LogP contribution in [0.1, 0.15) is 44.5 Å². The Bertz CT molecular complexity index is 1040. The molecule has 9 heteroatoms. The molecular formula is C23H32N6OS2. The minimum atomic E-state index is -0.0638. The van der Waals surface area contributed by atoms with Gasteiger partial charge < -0.3 is 10.6 Å². The van der Waals surface area contributed by atoms with Crippen molar-refractivity contribution >= 4 is 46.3 Å². The third-order valence-electron chi connectivity index (χ3n) is 4.63. The lowest BCUT2D eigenvalue weighted by Gasteiger charge is -2.12. The summed E-state index contributed by atoms with van der Waals surface area (Å²) in [5.41, 5.74) is 1.51. The molecule has 0 unspecified atom stereocenters. The number of carbonyl (C=O) groups excluding carboxylic acids is 1. The van der Waals surface area contributed by atoms with Gasteiger partial charge in [0.25, 0.3) is 5.91 Å². The Morgan fingerprint density at radius 2 is 1.97 bits per heavy atom. The van der Waals surface area contributed by atoms with Gasteiger partial charge in [-0.25, -0.2) is 14.6 Å². The fourth-order valence-corrected chi connectivity index (χ4v) is 4.59. The monoisotopic (exact) mass is 472 g/mol. The molecule has 3 rings (SSSR count). The Balaban J connectivity index is 1.74. The Morgan fingerprint density at radius 1 is 1.16 bits per heavy atom. The van der Waals surface area contributed by atoms with Crippen molar-refractivity contribution in [3.05, 3.63) is 36.0 Å². The molecule has 0 aliphatic heterocycles. The van der Waals surface area contributed by atoms with Gasteiger partial charge in [-0.2, -0.15) is 5.10 Å². The molecule has 32 heavy (non-hydrogen) atoms. The fraction of sp³-hybridized carbons (Fsp3) is 0.478. The number of carbonyl (C=O) groups is 1. The zero-order valence-electron chi connectivity index (χ0n) is 19.2. The summed E-state index contributed by atoms with van der Waals surface area (Å²) in [5.74, 6) is 3.16. The van der Waals surface area contributed by atoms with Crippen molar-refractivity contribution in [2.45, 2.75) is 50.7 Å². The first kappa shape index (κ1) is 24.4. The molecular weight excluding hydrogens is 440 g/mol. The van der Waals surface area contributed by atoms with E-state index in [1.54, 1.807) is 29.7 Å². The minimum absolute atomic E-state index is 0.0638. The van der Waals surface area contributed by atoms with Gasteiger partial charge in [0, 0.05) is 23.7 Å². The van der Waals surface area contributed by atoms with Crippen LogP contribution in [0.15, 0.2) is 40.5 Å². The maximum Gasteiger partial charge on any atom is 0.252 e. The molecule has 2 N–H and O–H groups in total. The molecule has 0 bridgehead atoms. The van der Waals surface area contributed by atoms with Gasteiger partial charge in [-0.15, -0.1) is 11.8 Å². The molecule has 0 saturated carbocycles. The molecule has 0 aliphatic carbocycles. The lowest BCUT2D eigenvalue weighted by atomic mass is 10.2. The van der Waals surface area contributed by atoms with Crippen LogP contribution in [0.4, 0.5) is 5.82 Å². The number of thioether (sulfide) groups is 2. The molecule has 7 nitrogen and oxygen atoms in total. The van der Waals surface area contributed by atoms with Crippen molar-refractivity contribution in [2.75, 3.05) is 29.9 Å². The molecule has 172 valence electrons. The smallest absolute Gasteiger partial charge is 0.252 e. The number of hydrogen-bond acceptors (Lipinski definition) is 7. The number of amides is 1. The second-order valence-corrected chi connectivity index (χ2v) is 10.1. The maximum absolute atomic E-state index is 12.7. The van der Waals surface area contributed by atoms with E-state index in [0.29, 0.717) is 24.6 Å². The van der Waals surface area contributed by atoms with Crippen molar-refractivity contribution in [1.29, 1.82) is 0 Å². The number of benzene rings is 1. The van der Waals surface area contributed by atoms with Gasteiger partial charge in [0.05, 0.1) is 23.7 Å². The van der Waals surface area contributed by atoms with Crippen LogP contribution in [0.5, 0.6) is 0 Å². The summed E-state index contributed by atoms with van der Waals surface area (Å²) in [5, 5.41) is 12.7. The van der Waals surface area contributed by atoms with Crippen LogP contribution in [0.2, 0.25) is 0 Å². The Hall–Kier alpha value is -2.26. The van der Waals surface area contributed by atoms with E-state index in [0.717, 1.165) is 51.4 Å². The molecule has 0 spiro atoms. The van der Waals surface area contributed by atoms with E-state index in [2.05, 4.69) is 43.4 Å². The summed E-state index contributed by atoms with van der Waals surface area (Å²) in [6, 6.07) is 7.72. The number of fused-ring (bicyclic) bond motifs is 1. The molecule has 0 aliphatic rings. The number of hydrogen-bond donors (Lipinski definition) is 2. The largest absolute Gasteiger partial charge is 0.369 e. The van der Waals surface area contributed by atoms with Crippen LogP contribution in [0, 0.1) is 5.92 Å². The lowest BCUT2D eigenvalue weighted by Crippen LogP contribution is -2.28. The molecule has 0 fully saturated rings. The van der Waals surface area contributed by atoms with Gasteiger partial charge in [0.15, 0.2) is 10.8 Å². The number of rotatable bonds is 12. The third kappa shape index (κ3) is 6.38. The van der Waals surface area contributed by atoms with E-state index in [1.165, 1.54) is 0 Å². The van der Waals surface area contributed by atoms with Crippen LogP contribution in [-0.2, 0) is 6.54 Å². The Labute approximate surface area is 198 Å². The van der Waals surface area contributed by atoms with Crippen LogP contribution < -0.4 is 10.6 Å². The van der Waals surface area contributed by atoms with E-state index in [4.69, 9.17) is 9.97 Å². The highest BCUT2D eigenvalue weighted by Crippen LogP contribution is 2.25. The van der Waals surface area contributed by atoms with E-state index < -0.39 is 0 Å². The molecule has 2 heterocycles. The second-order valence-electron chi connectivity index (χ2n) is 7.77. The Kier molecular flexibility index (Phi) is 9.23. The summed E-state index contributed by atoms with van der Waals surface area (Å²) in [6.07, 6.45) is 2.87. The normalized spacial score (nSPS) is 11.3. The molecule has 2 aromatic heterocycles. The summed E-state index contributed by atoms with van der Waals surface area (Å²) in [6.45, 7) is 10.4. The van der Waals surface area contributed by atoms with Gasteiger partial charge in [-0.1, -0.05) is 51.6 Å². The van der Waals surface area contributed by atoms with Crippen LogP contribution in [0.25, 0.3) is 11.0 Å². The van der Waals surface area contributed by atoms with E-state index in [1.807, 2.05) is 28.9 Å². The van der Waals surface area contributed by atoms with Crippen molar-refractivity contribution < 1.29 is 4.79 Å². The average Bonchev–Trinajstić information content (AvgIpc) is 3.19. The molecule has 0 radical (unpaired) electrons. The summed E-state index contributed by atoms with van der Waals surface area (Å²) in [7, 11) is 0. The van der Waals surface area contributed by atoms with Crippen LogP contribution in [0.3, 0.4) is 0 Å². The third-order valence-corrected chi connectivity index (χ3v) is 6.64. The second kappa shape index (κ2) is 12.1. The summed E-state index contributed by atoms with van der Waals surface area (Å²) >= 11 is 3.33. The molecule has 0 atom stereocenters. The van der Waals surface area contributed by atoms with Crippen LogP contribution >= 0.6 is 23.5 Å². The first-order valence-electron chi connectivity index (χ1n) is 11.1. The van der Waals surface area contributed by atoms with Crippen LogP contribution in [-0.4, -0.2) is 50.3 Å². The zero-order valence-corrected chi connectivity index (χ0v) is 20.9. The van der Waals surface area contributed by atoms with Crippen molar-refractivity contribution in [2.24, 2.45) is 5.92 Å². The quantitative estimate of drug-likeness (QED) is 0.285. The lowest BCUT2D eigenvalue weighted by molar-refractivity contribution is 0.0949. The van der Waals surface area contributed by atoms with Crippen molar-refractivity contribution in [3.63, 3.8) is 0 Å². The standard InChI is InChI=1S/C23H32N6OS2/c1-5-13-32-23-27-20(25-14-16(3)4)18-15-26-29(21(18)28-23)12-11-24-22(30)17-9-7-8-10-19(17)31-6-2/h7-10,15-16H,5-6,11-14H2,1-4H3,(H,24,30)(H,25,27,28). The average molecular weight is 473 g/mol. The number of nitrogens with one attached hydrogen (secondary N) is 2. The molecule has 3 aromatic rings. The van der Waals surface area contributed by atoms with Gasteiger partial charge in [-0.3, -0.25) is 4.79 Å². The zero-order chi connectivity index (χ0) is 22.9. The summed E-state index contributed by atoms with van der Waals surface area (Å²) < 4.78 is 1.85. The van der Waals surface area contributed by atoms with Gasteiger partial charge in [0.1, 0.15) is 5.82 Å². The molecule has 1 amide bonds. The number of anilines is 1. The predicted molar refractivity (Wildman–Crippen MR) is 135 cm³/mol. The van der Waals surface area contributed by atoms with Gasteiger partial charge in [0.2, 0.25) is 0 Å². The fourth-order valence-electron chi connectivity index (χ4n) is 3.10.